The maximum Gasteiger partial charge on any atom is 0.344 e. The zero-order valence-corrected chi connectivity index (χ0v) is 14.6. The number of ether oxygens (including phenoxy) is 2. The fraction of sp³-hybridized carbons (Fsp3) is 0.632. The summed E-state index contributed by atoms with van der Waals surface area (Å²) in [6, 6.07) is 6.96. The lowest BCUT2D eigenvalue weighted by atomic mass is 9.45. The standard InChI is InChI=1S/C19H25ClO3/c1-19(2)14-4-3-13(17(19)11-14)9-10-22-18(21)12-23-16-7-5-15(20)6-8-16/h5-8,13-14,17H,3-4,9-12H2,1-2H3/t13-,14-,17+/m1/s1. The summed E-state index contributed by atoms with van der Waals surface area (Å²) in [7, 11) is 0. The van der Waals surface area contributed by atoms with E-state index in [1.54, 1.807) is 24.3 Å². The summed E-state index contributed by atoms with van der Waals surface area (Å²) in [6.07, 6.45) is 4.97. The van der Waals surface area contributed by atoms with Crippen molar-refractivity contribution in [1.29, 1.82) is 0 Å². The number of halogens is 1. The highest BCUT2D eigenvalue weighted by atomic mass is 35.5. The molecule has 0 saturated heterocycles. The average Bonchev–Trinajstić information content (AvgIpc) is 2.54. The summed E-state index contributed by atoms with van der Waals surface area (Å²) in [4.78, 5) is 11.8. The van der Waals surface area contributed by atoms with E-state index in [0.29, 0.717) is 28.7 Å². The Morgan fingerprint density at radius 2 is 2.00 bits per heavy atom. The smallest absolute Gasteiger partial charge is 0.344 e. The molecule has 0 N–H and O–H groups in total. The highest BCUT2D eigenvalue weighted by Gasteiger charge is 2.53. The molecular weight excluding hydrogens is 312 g/mol. The Labute approximate surface area is 143 Å². The number of esters is 1. The molecular formula is C19H25ClO3. The molecule has 0 spiro atoms. The van der Waals surface area contributed by atoms with Crippen LogP contribution >= 0.6 is 11.6 Å². The van der Waals surface area contributed by atoms with Gasteiger partial charge in [-0.1, -0.05) is 25.4 Å². The van der Waals surface area contributed by atoms with Gasteiger partial charge in [0.1, 0.15) is 5.75 Å². The van der Waals surface area contributed by atoms with Crippen molar-refractivity contribution in [3.63, 3.8) is 0 Å². The van der Waals surface area contributed by atoms with Crippen molar-refractivity contribution in [3.05, 3.63) is 29.3 Å². The second-order valence-corrected chi connectivity index (χ2v) is 7.89. The minimum Gasteiger partial charge on any atom is -0.482 e. The molecule has 3 aliphatic carbocycles. The summed E-state index contributed by atoms with van der Waals surface area (Å²) in [5, 5.41) is 0.647. The normalized spacial score (nSPS) is 27.9. The lowest BCUT2D eigenvalue weighted by Crippen LogP contribution is -2.52. The van der Waals surface area contributed by atoms with Crippen molar-refractivity contribution in [2.24, 2.45) is 23.2 Å². The van der Waals surface area contributed by atoms with E-state index in [-0.39, 0.29) is 12.6 Å². The fourth-order valence-electron chi connectivity index (χ4n) is 4.35. The number of hydrogen-bond acceptors (Lipinski definition) is 3. The second-order valence-electron chi connectivity index (χ2n) is 7.45. The van der Waals surface area contributed by atoms with Gasteiger partial charge >= 0.3 is 5.97 Å². The third-order valence-corrected chi connectivity index (χ3v) is 6.18. The van der Waals surface area contributed by atoms with Crippen LogP contribution in [0.3, 0.4) is 0 Å². The predicted molar refractivity (Wildman–Crippen MR) is 90.6 cm³/mol. The van der Waals surface area contributed by atoms with E-state index in [4.69, 9.17) is 21.1 Å². The van der Waals surface area contributed by atoms with Gasteiger partial charge < -0.3 is 9.47 Å². The molecule has 126 valence electrons. The molecule has 0 radical (unpaired) electrons. The van der Waals surface area contributed by atoms with Gasteiger partial charge in [-0.05, 0) is 73.1 Å². The van der Waals surface area contributed by atoms with Gasteiger partial charge in [0.05, 0.1) is 6.61 Å². The molecule has 3 aliphatic rings. The van der Waals surface area contributed by atoms with Gasteiger partial charge in [0.2, 0.25) is 0 Å². The third kappa shape index (κ3) is 3.65. The van der Waals surface area contributed by atoms with Crippen LogP contribution in [0.15, 0.2) is 24.3 Å². The van der Waals surface area contributed by atoms with Gasteiger partial charge in [-0.3, -0.25) is 0 Å². The third-order valence-electron chi connectivity index (χ3n) is 5.92. The molecule has 2 bridgehead atoms. The Morgan fingerprint density at radius 3 is 2.65 bits per heavy atom. The number of carbonyl (C=O) groups excluding carboxylic acids is 1. The molecule has 0 unspecified atom stereocenters. The molecule has 0 amide bonds. The first-order chi connectivity index (χ1) is 11.0. The molecule has 4 rings (SSSR count). The van der Waals surface area contributed by atoms with E-state index in [1.165, 1.54) is 19.3 Å². The first-order valence-corrected chi connectivity index (χ1v) is 8.88. The van der Waals surface area contributed by atoms with Crippen molar-refractivity contribution in [3.8, 4) is 5.75 Å². The molecule has 0 heterocycles. The van der Waals surface area contributed by atoms with Gasteiger partial charge in [-0.15, -0.1) is 0 Å². The summed E-state index contributed by atoms with van der Waals surface area (Å²) in [6.45, 7) is 5.24. The lowest BCUT2D eigenvalue weighted by Gasteiger charge is -2.60. The molecule has 3 saturated carbocycles. The molecule has 3 nitrogen and oxygen atoms in total. The maximum absolute atomic E-state index is 11.8. The van der Waals surface area contributed by atoms with Crippen LogP contribution in [0.25, 0.3) is 0 Å². The predicted octanol–water partition coefficient (Wildman–Crippen LogP) is 4.72. The number of rotatable bonds is 6. The van der Waals surface area contributed by atoms with E-state index in [1.807, 2.05) is 0 Å². The van der Waals surface area contributed by atoms with Crippen molar-refractivity contribution in [2.45, 2.75) is 39.5 Å². The van der Waals surface area contributed by atoms with Gasteiger partial charge in [0.25, 0.3) is 0 Å². The SMILES string of the molecule is CC1(C)[C@@H]2CC[C@H](CCOC(=O)COc3ccc(Cl)cc3)[C@@H]1C2. The van der Waals surface area contributed by atoms with E-state index in [0.717, 1.165) is 18.3 Å². The van der Waals surface area contributed by atoms with Crippen molar-refractivity contribution in [1.82, 2.24) is 0 Å². The molecule has 0 aliphatic heterocycles. The summed E-state index contributed by atoms with van der Waals surface area (Å²) < 4.78 is 10.7. The topological polar surface area (TPSA) is 35.5 Å². The monoisotopic (exact) mass is 336 g/mol. The van der Waals surface area contributed by atoms with E-state index in [9.17, 15) is 4.79 Å². The molecule has 4 heteroatoms. The van der Waals surface area contributed by atoms with Crippen LogP contribution in [0.2, 0.25) is 5.02 Å². The first-order valence-electron chi connectivity index (χ1n) is 8.51. The van der Waals surface area contributed by atoms with Gasteiger partial charge in [0.15, 0.2) is 6.61 Å². The Morgan fingerprint density at radius 1 is 1.26 bits per heavy atom. The Kier molecular flexibility index (Phi) is 4.86. The van der Waals surface area contributed by atoms with Crippen LogP contribution in [0, 0.1) is 23.2 Å². The number of carbonyl (C=O) groups is 1. The molecule has 1 aromatic carbocycles. The average molecular weight is 337 g/mol. The quantitative estimate of drug-likeness (QED) is 0.705. The van der Waals surface area contributed by atoms with Gasteiger partial charge in [-0.2, -0.15) is 0 Å². The Hall–Kier alpha value is -1.22. The zero-order chi connectivity index (χ0) is 16.4. The molecule has 3 fully saturated rings. The van der Waals surface area contributed by atoms with Crippen LogP contribution in [0.4, 0.5) is 0 Å². The van der Waals surface area contributed by atoms with E-state index < -0.39 is 0 Å². The first kappa shape index (κ1) is 16.6. The molecule has 3 atom stereocenters. The van der Waals surface area contributed by atoms with Gasteiger partial charge in [0, 0.05) is 5.02 Å². The van der Waals surface area contributed by atoms with Crippen LogP contribution in [-0.4, -0.2) is 19.2 Å². The van der Waals surface area contributed by atoms with E-state index >= 15 is 0 Å². The van der Waals surface area contributed by atoms with Crippen molar-refractivity contribution >= 4 is 17.6 Å². The van der Waals surface area contributed by atoms with Crippen molar-refractivity contribution < 1.29 is 14.3 Å². The maximum atomic E-state index is 11.8. The molecule has 0 aromatic heterocycles. The second kappa shape index (κ2) is 6.72. The highest BCUT2D eigenvalue weighted by molar-refractivity contribution is 6.30. The van der Waals surface area contributed by atoms with Crippen LogP contribution in [-0.2, 0) is 9.53 Å². The molecule has 23 heavy (non-hydrogen) atoms. The number of benzene rings is 1. The van der Waals surface area contributed by atoms with Crippen LogP contribution in [0.1, 0.15) is 39.5 Å². The summed E-state index contributed by atoms with van der Waals surface area (Å²) in [5.41, 5.74) is 0.491. The summed E-state index contributed by atoms with van der Waals surface area (Å²) >= 11 is 5.80. The van der Waals surface area contributed by atoms with Crippen molar-refractivity contribution in [2.75, 3.05) is 13.2 Å². The largest absolute Gasteiger partial charge is 0.482 e. The van der Waals surface area contributed by atoms with Crippen LogP contribution < -0.4 is 4.74 Å². The minimum atomic E-state index is -0.304. The van der Waals surface area contributed by atoms with Crippen LogP contribution in [0.5, 0.6) is 5.75 Å². The Bertz CT molecular complexity index is 550. The Balaban J connectivity index is 1.36. The lowest BCUT2D eigenvalue weighted by molar-refractivity contribution is -0.148. The van der Waals surface area contributed by atoms with Gasteiger partial charge in [-0.25, -0.2) is 4.79 Å². The molecule has 1 aromatic rings. The van der Waals surface area contributed by atoms with E-state index in [2.05, 4.69) is 13.8 Å². The minimum absolute atomic E-state index is 0.0523. The summed E-state index contributed by atoms with van der Waals surface area (Å²) in [5.74, 6) is 2.76. The zero-order valence-electron chi connectivity index (χ0n) is 13.9. The highest BCUT2D eigenvalue weighted by Crippen LogP contribution is 2.61. The number of hydrogen-bond donors (Lipinski definition) is 0. The number of fused-ring (bicyclic) bond motifs is 2. The fourth-order valence-corrected chi connectivity index (χ4v) is 4.47.